The van der Waals surface area contributed by atoms with Crippen LogP contribution in [0.15, 0.2) is 0 Å². The van der Waals surface area contributed by atoms with Gasteiger partial charge >= 0.3 is 0 Å². The van der Waals surface area contributed by atoms with Gasteiger partial charge in [-0.05, 0) is 19.4 Å². The number of β-amino-alcohol motifs (C(OH)–C–C–N with tert-alkyl or cyclic N) is 1. The molecule has 2 saturated heterocycles. The van der Waals surface area contributed by atoms with Crippen LogP contribution in [0.4, 0.5) is 0 Å². The molecule has 2 heterocycles. The van der Waals surface area contributed by atoms with Crippen LogP contribution in [0, 0.1) is 0 Å². The second-order valence-electron chi connectivity index (χ2n) is 4.54. The third-order valence-corrected chi connectivity index (χ3v) is 3.46. The summed E-state index contributed by atoms with van der Waals surface area (Å²) in [5, 5.41) is 12.1. The molecule has 0 saturated carbocycles. The first-order valence-electron chi connectivity index (χ1n) is 6.16. The van der Waals surface area contributed by atoms with Crippen LogP contribution in [0.5, 0.6) is 0 Å². The number of carbonyl (C=O) groups excluding carboxylic acids is 1. The van der Waals surface area contributed by atoms with Crippen LogP contribution in [0.2, 0.25) is 0 Å². The summed E-state index contributed by atoms with van der Waals surface area (Å²) in [6.45, 7) is 5.29. The van der Waals surface area contributed by atoms with E-state index in [-0.39, 0.29) is 18.6 Å². The molecule has 0 aromatic rings. The molecule has 0 bridgehead atoms. The molecule has 1 amide bonds. The average Bonchev–Trinajstić information content (AvgIpc) is 2.83. The van der Waals surface area contributed by atoms with E-state index in [0.717, 1.165) is 52.1 Å². The third-order valence-electron chi connectivity index (χ3n) is 3.46. The first kappa shape index (κ1) is 11.8. The molecular formula is C11H21N3O2. The molecule has 16 heavy (non-hydrogen) atoms. The highest BCUT2D eigenvalue weighted by Gasteiger charge is 2.28. The summed E-state index contributed by atoms with van der Waals surface area (Å²) in [4.78, 5) is 16.2. The van der Waals surface area contributed by atoms with E-state index in [1.165, 1.54) is 0 Å². The lowest BCUT2D eigenvalue weighted by Crippen LogP contribution is -2.53. The molecule has 2 aliphatic rings. The lowest BCUT2D eigenvalue weighted by atomic mass is 10.2. The number of hydrogen-bond acceptors (Lipinski definition) is 4. The first-order chi connectivity index (χ1) is 7.81. The zero-order valence-corrected chi connectivity index (χ0v) is 9.69. The fourth-order valence-electron chi connectivity index (χ4n) is 2.45. The highest BCUT2D eigenvalue weighted by molar-refractivity contribution is 5.82. The van der Waals surface area contributed by atoms with Crippen LogP contribution in [0.25, 0.3) is 0 Å². The molecule has 0 spiro atoms. The van der Waals surface area contributed by atoms with Gasteiger partial charge in [0, 0.05) is 32.7 Å². The summed E-state index contributed by atoms with van der Waals surface area (Å²) in [5.74, 6) is 0.265. The monoisotopic (exact) mass is 227 g/mol. The molecule has 2 fully saturated rings. The van der Waals surface area contributed by atoms with E-state index in [9.17, 15) is 4.79 Å². The summed E-state index contributed by atoms with van der Waals surface area (Å²) in [5.41, 5.74) is 0. The van der Waals surface area contributed by atoms with Crippen LogP contribution in [0.1, 0.15) is 12.8 Å². The lowest BCUT2D eigenvalue weighted by Gasteiger charge is -2.35. The van der Waals surface area contributed by atoms with Crippen molar-refractivity contribution >= 4 is 5.91 Å². The molecule has 1 unspecified atom stereocenters. The van der Waals surface area contributed by atoms with Gasteiger partial charge in [-0.3, -0.25) is 9.69 Å². The second-order valence-corrected chi connectivity index (χ2v) is 4.54. The number of carbonyl (C=O) groups is 1. The molecule has 2 aliphatic heterocycles. The maximum absolute atomic E-state index is 12.1. The highest BCUT2D eigenvalue weighted by Crippen LogP contribution is 2.10. The van der Waals surface area contributed by atoms with Crippen molar-refractivity contribution in [1.29, 1.82) is 0 Å². The molecule has 5 heteroatoms. The van der Waals surface area contributed by atoms with Crippen LogP contribution in [-0.2, 0) is 4.79 Å². The second kappa shape index (κ2) is 5.61. The SMILES string of the molecule is O=C(C1CCCN1)N1CCN(CCO)CC1. The Labute approximate surface area is 96.4 Å². The minimum absolute atomic E-state index is 0.0596. The van der Waals surface area contributed by atoms with Gasteiger partial charge in [0.1, 0.15) is 0 Å². The normalized spacial score (nSPS) is 27.3. The fraction of sp³-hybridized carbons (Fsp3) is 0.909. The summed E-state index contributed by atoms with van der Waals surface area (Å²) < 4.78 is 0. The molecule has 1 atom stereocenters. The number of piperazine rings is 1. The maximum atomic E-state index is 12.1. The number of nitrogens with one attached hydrogen (secondary N) is 1. The van der Waals surface area contributed by atoms with Crippen molar-refractivity contribution in [3.8, 4) is 0 Å². The number of amides is 1. The van der Waals surface area contributed by atoms with E-state index >= 15 is 0 Å². The number of hydrogen-bond donors (Lipinski definition) is 2. The smallest absolute Gasteiger partial charge is 0.239 e. The third kappa shape index (κ3) is 2.72. The van der Waals surface area contributed by atoms with Gasteiger partial charge in [-0.2, -0.15) is 0 Å². The molecule has 0 aromatic heterocycles. The van der Waals surface area contributed by atoms with E-state index < -0.39 is 0 Å². The molecule has 92 valence electrons. The number of aliphatic hydroxyl groups excluding tert-OH is 1. The maximum Gasteiger partial charge on any atom is 0.239 e. The van der Waals surface area contributed by atoms with E-state index in [4.69, 9.17) is 5.11 Å². The predicted octanol–water partition coefficient (Wildman–Crippen LogP) is -1.13. The van der Waals surface area contributed by atoms with E-state index in [0.29, 0.717) is 0 Å². The summed E-state index contributed by atoms with van der Waals surface area (Å²) in [6, 6.07) is 0.0596. The Bertz CT molecular complexity index is 233. The van der Waals surface area contributed by atoms with Gasteiger partial charge in [0.15, 0.2) is 0 Å². The van der Waals surface area contributed by atoms with Crippen LogP contribution >= 0.6 is 0 Å². The average molecular weight is 227 g/mol. The van der Waals surface area contributed by atoms with Gasteiger partial charge in [-0.25, -0.2) is 0 Å². The number of nitrogens with zero attached hydrogens (tertiary/aromatic N) is 2. The standard InChI is InChI=1S/C11H21N3O2/c15-9-8-13-4-6-14(7-5-13)11(16)10-2-1-3-12-10/h10,12,15H,1-9H2. The molecular weight excluding hydrogens is 206 g/mol. The Morgan fingerprint density at radius 2 is 2.06 bits per heavy atom. The van der Waals surface area contributed by atoms with Crippen molar-refractivity contribution in [2.24, 2.45) is 0 Å². The predicted molar refractivity (Wildman–Crippen MR) is 61.1 cm³/mol. The number of rotatable bonds is 3. The van der Waals surface area contributed by atoms with Gasteiger partial charge in [-0.1, -0.05) is 0 Å². The topological polar surface area (TPSA) is 55.8 Å². The van der Waals surface area contributed by atoms with Crippen molar-refractivity contribution in [3.05, 3.63) is 0 Å². The Morgan fingerprint density at radius 1 is 1.31 bits per heavy atom. The van der Waals surface area contributed by atoms with Crippen molar-refractivity contribution < 1.29 is 9.90 Å². The lowest BCUT2D eigenvalue weighted by molar-refractivity contribution is -0.134. The minimum atomic E-state index is 0.0596. The quantitative estimate of drug-likeness (QED) is 0.641. The Kier molecular flexibility index (Phi) is 4.15. The van der Waals surface area contributed by atoms with Gasteiger partial charge < -0.3 is 15.3 Å². The molecule has 5 nitrogen and oxygen atoms in total. The van der Waals surface area contributed by atoms with E-state index in [2.05, 4.69) is 10.2 Å². The molecule has 0 aliphatic carbocycles. The van der Waals surface area contributed by atoms with E-state index in [1.807, 2.05) is 4.90 Å². The molecule has 2 rings (SSSR count). The van der Waals surface area contributed by atoms with Crippen molar-refractivity contribution in [3.63, 3.8) is 0 Å². The molecule has 0 radical (unpaired) electrons. The first-order valence-corrected chi connectivity index (χ1v) is 6.16. The van der Waals surface area contributed by atoms with Gasteiger partial charge in [0.25, 0.3) is 0 Å². The van der Waals surface area contributed by atoms with Crippen LogP contribution in [0.3, 0.4) is 0 Å². The summed E-state index contributed by atoms with van der Waals surface area (Å²) >= 11 is 0. The van der Waals surface area contributed by atoms with Crippen LogP contribution in [-0.4, -0.2) is 72.7 Å². The van der Waals surface area contributed by atoms with Crippen LogP contribution < -0.4 is 5.32 Å². The Balaban J connectivity index is 1.77. The highest BCUT2D eigenvalue weighted by atomic mass is 16.3. The van der Waals surface area contributed by atoms with Gasteiger partial charge in [0.2, 0.25) is 5.91 Å². The van der Waals surface area contributed by atoms with Gasteiger partial charge in [-0.15, -0.1) is 0 Å². The van der Waals surface area contributed by atoms with Crippen molar-refractivity contribution in [2.45, 2.75) is 18.9 Å². The minimum Gasteiger partial charge on any atom is -0.395 e. The van der Waals surface area contributed by atoms with Crippen molar-refractivity contribution in [1.82, 2.24) is 15.1 Å². The Morgan fingerprint density at radius 3 is 2.62 bits per heavy atom. The molecule has 2 N–H and O–H groups in total. The van der Waals surface area contributed by atoms with E-state index in [1.54, 1.807) is 0 Å². The zero-order valence-electron chi connectivity index (χ0n) is 9.69. The Hall–Kier alpha value is -0.650. The largest absolute Gasteiger partial charge is 0.395 e. The molecule has 0 aromatic carbocycles. The zero-order chi connectivity index (χ0) is 11.4. The van der Waals surface area contributed by atoms with Crippen molar-refractivity contribution in [2.75, 3.05) is 45.9 Å². The van der Waals surface area contributed by atoms with Gasteiger partial charge in [0.05, 0.1) is 12.6 Å². The summed E-state index contributed by atoms with van der Waals surface area (Å²) in [7, 11) is 0. The fourth-order valence-corrected chi connectivity index (χ4v) is 2.45. The number of aliphatic hydroxyl groups is 1. The summed E-state index contributed by atoms with van der Waals surface area (Å²) in [6.07, 6.45) is 2.09.